The minimum Gasteiger partial charge on any atom is -0.352 e. The molecule has 0 saturated carbocycles. The zero-order valence-electron chi connectivity index (χ0n) is 15.9. The number of anilines is 1. The second kappa shape index (κ2) is 9.51. The Morgan fingerprint density at radius 1 is 0.821 bits per heavy atom. The van der Waals surface area contributed by atoms with Crippen LogP contribution in [0, 0.1) is 0 Å². The van der Waals surface area contributed by atoms with Gasteiger partial charge in [-0.3, -0.25) is 9.59 Å². The van der Waals surface area contributed by atoms with Crippen molar-refractivity contribution in [2.45, 2.75) is 19.3 Å². The molecule has 3 aromatic rings. The Bertz CT molecular complexity index is 884. The first-order valence-corrected chi connectivity index (χ1v) is 9.48. The molecule has 0 fully saturated rings. The van der Waals surface area contributed by atoms with Crippen LogP contribution in [-0.4, -0.2) is 18.4 Å². The molecule has 0 saturated heterocycles. The minimum absolute atomic E-state index is 0.136. The molecule has 2 amide bonds. The Balaban J connectivity index is 1.84. The molecule has 3 rings (SSSR count). The van der Waals surface area contributed by atoms with Gasteiger partial charge >= 0.3 is 0 Å². The van der Waals surface area contributed by atoms with Crippen molar-refractivity contribution in [2.75, 3.05) is 11.9 Å². The van der Waals surface area contributed by atoms with Crippen molar-refractivity contribution >= 4 is 17.5 Å². The maximum atomic E-state index is 13.2. The maximum Gasteiger partial charge on any atom is 0.251 e. The van der Waals surface area contributed by atoms with Crippen LogP contribution in [0.25, 0.3) is 0 Å². The second-order valence-electron chi connectivity index (χ2n) is 6.58. The van der Waals surface area contributed by atoms with E-state index in [-0.39, 0.29) is 11.8 Å². The third-order valence-electron chi connectivity index (χ3n) is 4.46. The Morgan fingerprint density at radius 2 is 1.43 bits per heavy atom. The molecule has 0 aliphatic heterocycles. The van der Waals surface area contributed by atoms with Crippen LogP contribution in [0.1, 0.15) is 40.7 Å². The lowest BCUT2D eigenvalue weighted by atomic mass is 9.90. The zero-order chi connectivity index (χ0) is 19.8. The fourth-order valence-corrected chi connectivity index (χ4v) is 3.08. The van der Waals surface area contributed by atoms with Crippen molar-refractivity contribution in [3.8, 4) is 0 Å². The van der Waals surface area contributed by atoms with Crippen LogP contribution in [0.5, 0.6) is 0 Å². The topological polar surface area (TPSA) is 58.2 Å². The van der Waals surface area contributed by atoms with Gasteiger partial charge in [-0.05, 0) is 35.7 Å². The maximum absolute atomic E-state index is 13.2. The summed E-state index contributed by atoms with van der Waals surface area (Å²) < 4.78 is 0. The number of nitrogens with one attached hydrogen (secondary N) is 2. The van der Waals surface area contributed by atoms with Crippen LogP contribution < -0.4 is 10.6 Å². The molecule has 0 heterocycles. The number of carbonyl (C=O) groups is 2. The summed E-state index contributed by atoms with van der Waals surface area (Å²) in [5.74, 6) is -0.705. The van der Waals surface area contributed by atoms with Crippen LogP contribution in [0.2, 0.25) is 0 Å². The second-order valence-corrected chi connectivity index (χ2v) is 6.58. The lowest BCUT2D eigenvalue weighted by molar-refractivity contribution is -0.116. The predicted octanol–water partition coefficient (Wildman–Crippen LogP) is 4.60. The smallest absolute Gasteiger partial charge is 0.251 e. The van der Waals surface area contributed by atoms with Gasteiger partial charge in [0, 0.05) is 17.8 Å². The number of amides is 2. The van der Waals surface area contributed by atoms with E-state index in [9.17, 15) is 9.59 Å². The highest BCUT2D eigenvalue weighted by Gasteiger charge is 2.22. The fourth-order valence-electron chi connectivity index (χ4n) is 3.08. The molecule has 2 N–H and O–H groups in total. The molecule has 0 aliphatic rings. The molecule has 0 spiro atoms. The summed E-state index contributed by atoms with van der Waals surface area (Å²) in [5.41, 5.74) is 2.97. The normalized spacial score (nSPS) is 10.5. The van der Waals surface area contributed by atoms with Crippen molar-refractivity contribution in [2.24, 2.45) is 0 Å². The molecule has 0 unspecified atom stereocenters. The molecular weight excluding hydrogens is 348 g/mol. The highest BCUT2D eigenvalue weighted by Crippen LogP contribution is 2.26. The lowest BCUT2D eigenvalue weighted by Gasteiger charge is -2.18. The monoisotopic (exact) mass is 372 g/mol. The van der Waals surface area contributed by atoms with E-state index in [4.69, 9.17) is 0 Å². The standard InChI is InChI=1S/C24H24N2O2/c1-2-16-25-23(27)20-14-9-15-21(17-20)26-24(28)22(18-10-5-3-6-11-18)19-12-7-4-8-13-19/h3-15,17,22H,2,16H2,1H3,(H,25,27)(H,26,28). The summed E-state index contributed by atoms with van der Waals surface area (Å²) in [5, 5.41) is 5.82. The first kappa shape index (κ1) is 19.4. The van der Waals surface area contributed by atoms with Crippen LogP contribution >= 0.6 is 0 Å². The minimum atomic E-state index is -0.431. The Morgan fingerprint density at radius 3 is 2.00 bits per heavy atom. The number of benzene rings is 3. The molecule has 0 bridgehead atoms. The van der Waals surface area contributed by atoms with Gasteiger partial charge in [-0.15, -0.1) is 0 Å². The van der Waals surface area contributed by atoms with E-state index >= 15 is 0 Å². The van der Waals surface area contributed by atoms with Crippen molar-refractivity contribution in [3.63, 3.8) is 0 Å². The van der Waals surface area contributed by atoms with Gasteiger partial charge in [0.15, 0.2) is 0 Å². The predicted molar refractivity (Wildman–Crippen MR) is 112 cm³/mol. The summed E-state index contributed by atoms with van der Waals surface area (Å²) in [7, 11) is 0. The lowest BCUT2D eigenvalue weighted by Crippen LogP contribution is -2.25. The fraction of sp³-hybridized carbons (Fsp3) is 0.167. The zero-order valence-corrected chi connectivity index (χ0v) is 15.9. The van der Waals surface area contributed by atoms with E-state index < -0.39 is 5.92 Å². The first-order chi connectivity index (χ1) is 13.7. The number of hydrogen-bond acceptors (Lipinski definition) is 2. The van der Waals surface area contributed by atoms with Gasteiger partial charge in [0.05, 0.1) is 5.92 Å². The van der Waals surface area contributed by atoms with Crippen LogP contribution in [0.3, 0.4) is 0 Å². The summed E-state index contributed by atoms with van der Waals surface area (Å²) in [6.45, 7) is 2.63. The number of carbonyl (C=O) groups excluding carboxylic acids is 2. The van der Waals surface area contributed by atoms with E-state index in [0.29, 0.717) is 17.8 Å². The van der Waals surface area contributed by atoms with E-state index in [1.165, 1.54) is 0 Å². The van der Waals surface area contributed by atoms with E-state index in [0.717, 1.165) is 17.5 Å². The van der Waals surface area contributed by atoms with Gasteiger partial charge in [-0.1, -0.05) is 73.7 Å². The third-order valence-corrected chi connectivity index (χ3v) is 4.46. The van der Waals surface area contributed by atoms with Crippen molar-refractivity contribution in [3.05, 3.63) is 102 Å². The van der Waals surface area contributed by atoms with Crippen molar-refractivity contribution < 1.29 is 9.59 Å². The molecule has 4 nitrogen and oxygen atoms in total. The SMILES string of the molecule is CCCNC(=O)c1cccc(NC(=O)C(c2ccccc2)c2ccccc2)c1. The van der Waals surface area contributed by atoms with Gasteiger partial charge in [-0.25, -0.2) is 0 Å². The first-order valence-electron chi connectivity index (χ1n) is 9.48. The molecule has 0 radical (unpaired) electrons. The molecule has 142 valence electrons. The number of hydrogen-bond donors (Lipinski definition) is 2. The van der Waals surface area contributed by atoms with Gasteiger partial charge < -0.3 is 10.6 Å². The summed E-state index contributed by atoms with van der Waals surface area (Å²) in [6.07, 6.45) is 0.873. The average molecular weight is 372 g/mol. The highest BCUT2D eigenvalue weighted by molar-refractivity contribution is 6.00. The number of rotatable bonds is 7. The Labute approximate surface area is 165 Å². The van der Waals surface area contributed by atoms with E-state index in [2.05, 4.69) is 10.6 Å². The quantitative estimate of drug-likeness (QED) is 0.637. The molecule has 4 heteroatoms. The molecular formula is C24H24N2O2. The van der Waals surface area contributed by atoms with Gasteiger partial charge in [0.25, 0.3) is 5.91 Å². The molecule has 0 aromatic heterocycles. The van der Waals surface area contributed by atoms with Crippen molar-refractivity contribution in [1.82, 2.24) is 5.32 Å². The third kappa shape index (κ3) is 4.86. The molecule has 3 aromatic carbocycles. The molecule has 28 heavy (non-hydrogen) atoms. The van der Waals surface area contributed by atoms with Gasteiger partial charge in [0.1, 0.15) is 0 Å². The molecule has 0 aliphatic carbocycles. The summed E-state index contributed by atoms with van der Waals surface area (Å²) in [4.78, 5) is 25.3. The van der Waals surface area contributed by atoms with E-state index in [1.54, 1.807) is 24.3 Å². The van der Waals surface area contributed by atoms with Gasteiger partial charge in [-0.2, -0.15) is 0 Å². The van der Waals surface area contributed by atoms with Crippen LogP contribution in [-0.2, 0) is 4.79 Å². The summed E-state index contributed by atoms with van der Waals surface area (Å²) in [6, 6.07) is 26.4. The van der Waals surface area contributed by atoms with Crippen LogP contribution in [0.4, 0.5) is 5.69 Å². The average Bonchev–Trinajstić information content (AvgIpc) is 2.74. The highest BCUT2D eigenvalue weighted by atomic mass is 16.2. The Kier molecular flexibility index (Phi) is 6.58. The van der Waals surface area contributed by atoms with E-state index in [1.807, 2.05) is 67.6 Å². The largest absolute Gasteiger partial charge is 0.352 e. The Hall–Kier alpha value is -3.40. The summed E-state index contributed by atoms with van der Waals surface area (Å²) >= 11 is 0. The van der Waals surface area contributed by atoms with Gasteiger partial charge in [0.2, 0.25) is 5.91 Å². The van der Waals surface area contributed by atoms with Crippen LogP contribution in [0.15, 0.2) is 84.9 Å². The molecule has 0 atom stereocenters. The van der Waals surface area contributed by atoms with Crippen molar-refractivity contribution in [1.29, 1.82) is 0 Å².